The summed E-state index contributed by atoms with van der Waals surface area (Å²) in [6.07, 6.45) is 5.33. The Morgan fingerprint density at radius 2 is 1.67 bits per heavy atom. The fourth-order valence-electron chi connectivity index (χ4n) is 2.47. The summed E-state index contributed by atoms with van der Waals surface area (Å²) >= 11 is 0. The first-order chi connectivity index (χ1) is 14.5. The molecule has 0 saturated carbocycles. The molecule has 3 rings (SSSR count). The highest BCUT2D eigenvalue weighted by atomic mass is 19.3. The van der Waals surface area contributed by atoms with Crippen molar-refractivity contribution in [2.75, 3.05) is 18.4 Å². The number of aldehydes is 1. The zero-order valence-corrected chi connectivity index (χ0v) is 18.8. The van der Waals surface area contributed by atoms with E-state index in [0.717, 1.165) is 12.6 Å². The van der Waals surface area contributed by atoms with Gasteiger partial charge in [0.1, 0.15) is 0 Å². The molecule has 5 nitrogen and oxygen atoms in total. The number of rotatable bonds is 5. The number of benzene rings is 1. The van der Waals surface area contributed by atoms with Crippen molar-refractivity contribution < 1.29 is 13.6 Å². The van der Waals surface area contributed by atoms with E-state index in [4.69, 9.17) is 0 Å². The second kappa shape index (κ2) is 16.4. The monoisotopic (exact) mass is 422 g/mol. The maximum Gasteiger partial charge on any atom is 0.250 e. The molecule has 1 aromatic carbocycles. The minimum absolute atomic E-state index is 0.0286. The van der Waals surface area contributed by atoms with Crippen molar-refractivity contribution in [2.24, 2.45) is 0 Å². The fraction of sp³-hybridized carbons (Fsp3) is 0.522. The van der Waals surface area contributed by atoms with Gasteiger partial charge in [0, 0.05) is 11.9 Å². The second-order valence-electron chi connectivity index (χ2n) is 6.26. The second-order valence-corrected chi connectivity index (χ2v) is 6.26. The SMILES string of the molecule is C1CCNCC1.CC.CC.CC(F)(F)Cc1nc(Nc2ccccc2)ncc1C=O. The van der Waals surface area contributed by atoms with Gasteiger partial charge in [-0.05, 0) is 45.0 Å². The Balaban J connectivity index is 0.000000702. The van der Waals surface area contributed by atoms with Crippen molar-refractivity contribution in [3.63, 3.8) is 0 Å². The minimum Gasteiger partial charge on any atom is -0.324 e. The predicted octanol–water partition coefficient (Wildman–Crippen LogP) is 6.04. The normalized spacial score (nSPS) is 12.6. The molecule has 1 fully saturated rings. The number of carbonyl (C=O) groups is 1. The van der Waals surface area contributed by atoms with E-state index in [0.29, 0.717) is 6.29 Å². The van der Waals surface area contributed by atoms with Gasteiger partial charge in [-0.2, -0.15) is 0 Å². The number of nitrogens with zero attached hydrogens (tertiary/aromatic N) is 2. The van der Waals surface area contributed by atoms with Gasteiger partial charge in [-0.3, -0.25) is 4.79 Å². The Hall–Kier alpha value is -2.41. The molecule has 0 bridgehead atoms. The summed E-state index contributed by atoms with van der Waals surface area (Å²) in [5, 5.41) is 6.18. The number of carbonyl (C=O) groups excluding carboxylic acids is 1. The third kappa shape index (κ3) is 12.2. The lowest BCUT2D eigenvalue weighted by atomic mass is 10.1. The van der Waals surface area contributed by atoms with Crippen molar-refractivity contribution >= 4 is 17.9 Å². The van der Waals surface area contributed by atoms with E-state index in [1.54, 1.807) is 12.1 Å². The van der Waals surface area contributed by atoms with Crippen LogP contribution in [-0.4, -0.2) is 35.3 Å². The summed E-state index contributed by atoms with van der Waals surface area (Å²) in [5.41, 5.74) is 0.839. The molecule has 2 aromatic rings. The summed E-state index contributed by atoms with van der Waals surface area (Å²) in [6, 6.07) is 9.09. The average molecular weight is 423 g/mol. The van der Waals surface area contributed by atoms with Crippen molar-refractivity contribution in [3.05, 3.63) is 47.8 Å². The minimum atomic E-state index is -2.93. The molecule has 0 radical (unpaired) electrons. The zero-order valence-electron chi connectivity index (χ0n) is 18.8. The Morgan fingerprint density at radius 3 is 2.10 bits per heavy atom. The van der Waals surface area contributed by atoms with E-state index in [9.17, 15) is 13.6 Å². The molecule has 1 saturated heterocycles. The maximum atomic E-state index is 13.1. The Kier molecular flexibility index (Phi) is 15.1. The van der Waals surface area contributed by atoms with E-state index in [1.807, 2.05) is 45.9 Å². The predicted molar refractivity (Wildman–Crippen MR) is 121 cm³/mol. The third-order valence-electron chi connectivity index (χ3n) is 3.74. The highest BCUT2D eigenvalue weighted by Gasteiger charge is 2.24. The molecule has 2 heterocycles. The van der Waals surface area contributed by atoms with E-state index in [-0.39, 0.29) is 17.2 Å². The molecule has 0 aliphatic carbocycles. The van der Waals surface area contributed by atoms with Gasteiger partial charge in [0.2, 0.25) is 5.95 Å². The standard InChI is InChI=1S/C14H13F2N3O.C5H11N.2C2H6/c1-14(15,16)7-12-10(9-20)8-17-13(19-12)18-11-5-3-2-4-6-11;1-2-4-6-5-3-1;2*1-2/h2-6,8-9H,7H2,1H3,(H,17,18,19);6H,1-5H2;2*1-2H3. The first-order valence-corrected chi connectivity index (χ1v) is 10.7. The van der Waals surface area contributed by atoms with Gasteiger partial charge in [0.05, 0.1) is 17.7 Å². The molecule has 168 valence electrons. The number of alkyl halides is 2. The number of hydrogen-bond acceptors (Lipinski definition) is 5. The Morgan fingerprint density at radius 1 is 1.07 bits per heavy atom. The van der Waals surface area contributed by atoms with Crippen molar-refractivity contribution in [1.82, 2.24) is 15.3 Å². The highest BCUT2D eigenvalue weighted by Crippen LogP contribution is 2.21. The van der Waals surface area contributed by atoms with Gasteiger partial charge in [0.15, 0.2) is 6.29 Å². The smallest absolute Gasteiger partial charge is 0.250 e. The fourth-order valence-corrected chi connectivity index (χ4v) is 2.47. The van der Waals surface area contributed by atoms with Crippen molar-refractivity contribution in [1.29, 1.82) is 0 Å². The number of para-hydroxylation sites is 1. The van der Waals surface area contributed by atoms with Crippen LogP contribution in [0.15, 0.2) is 36.5 Å². The van der Waals surface area contributed by atoms with Crippen LogP contribution >= 0.6 is 0 Å². The van der Waals surface area contributed by atoms with Crippen molar-refractivity contribution in [2.45, 2.75) is 66.2 Å². The first kappa shape index (κ1) is 27.6. The van der Waals surface area contributed by atoms with Gasteiger partial charge in [0.25, 0.3) is 5.92 Å². The molecule has 1 aliphatic rings. The number of aromatic nitrogens is 2. The van der Waals surface area contributed by atoms with Gasteiger partial charge in [-0.1, -0.05) is 52.3 Å². The van der Waals surface area contributed by atoms with Crippen LogP contribution in [-0.2, 0) is 6.42 Å². The molecule has 1 aliphatic heterocycles. The van der Waals surface area contributed by atoms with Crippen LogP contribution < -0.4 is 10.6 Å². The van der Waals surface area contributed by atoms with Crippen LogP contribution in [0.2, 0.25) is 0 Å². The van der Waals surface area contributed by atoms with Crippen molar-refractivity contribution in [3.8, 4) is 0 Å². The van der Waals surface area contributed by atoms with Crippen LogP contribution in [0.5, 0.6) is 0 Å². The van der Waals surface area contributed by atoms with E-state index >= 15 is 0 Å². The molecule has 7 heteroatoms. The largest absolute Gasteiger partial charge is 0.324 e. The molecule has 0 unspecified atom stereocenters. The summed E-state index contributed by atoms with van der Waals surface area (Å²) in [5.74, 6) is -2.75. The number of halogens is 2. The zero-order chi connectivity index (χ0) is 22.8. The average Bonchev–Trinajstić information content (AvgIpc) is 2.78. The number of anilines is 2. The van der Waals surface area contributed by atoms with Crippen LogP contribution in [0.25, 0.3) is 0 Å². The third-order valence-corrected chi connectivity index (χ3v) is 3.74. The van der Waals surface area contributed by atoms with Gasteiger partial charge in [-0.25, -0.2) is 18.7 Å². The topological polar surface area (TPSA) is 66.9 Å². The molecular formula is C23H36F2N4O. The lowest BCUT2D eigenvalue weighted by Gasteiger charge is -2.12. The Bertz CT molecular complexity index is 676. The van der Waals surface area contributed by atoms with Crippen LogP contribution in [0.4, 0.5) is 20.4 Å². The summed E-state index contributed by atoms with van der Waals surface area (Å²) in [6.45, 7) is 11.3. The summed E-state index contributed by atoms with van der Waals surface area (Å²) in [4.78, 5) is 18.8. The van der Waals surface area contributed by atoms with Crippen LogP contribution in [0, 0.1) is 0 Å². The van der Waals surface area contributed by atoms with Gasteiger partial charge in [-0.15, -0.1) is 0 Å². The first-order valence-electron chi connectivity index (χ1n) is 10.7. The molecule has 0 atom stereocenters. The number of nitrogens with one attached hydrogen (secondary N) is 2. The van der Waals surface area contributed by atoms with Crippen LogP contribution in [0.1, 0.15) is 69.9 Å². The quantitative estimate of drug-likeness (QED) is 0.575. The molecule has 0 amide bonds. The lowest BCUT2D eigenvalue weighted by molar-refractivity contribution is 0.0215. The molecule has 0 spiro atoms. The van der Waals surface area contributed by atoms with E-state index in [1.165, 1.54) is 38.5 Å². The molecule has 1 aromatic heterocycles. The van der Waals surface area contributed by atoms with Gasteiger partial charge < -0.3 is 10.6 Å². The van der Waals surface area contributed by atoms with Crippen LogP contribution in [0.3, 0.4) is 0 Å². The van der Waals surface area contributed by atoms with E-state index in [2.05, 4.69) is 20.6 Å². The highest BCUT2D eigenvalue weighted by molar-refractivity contribution is 5.76. The summed E-state index contributed by atoms with van der Waals surface area (Å²) < 4.78 is 26.2. The summed E-state index contributed by atoms with van der Waals surface area (Å²) in [7, 11) is 0. The molecule has 30 heavy (non-hydrogen) atoms. The Labute approximate surface area is 179 Å². The van der Waals surface area contributed by atoms with E-state index < -0.39 is 12.3 Å². The number of piperidine rings is 1. The lowest BCUT2D eigenvalue weighted by Crippen LogP contribution is -2.21. The molecule has 2 N–H and O–H groups in total. The molecular weight excluding hydrogens is 386 g/mol. The number of hydrogen-bond donors (Lipinski definition) is 2. The van der Waals surface area contributed by atoms with Gasteiger partial charge >= 0.3 is 0 Å². The maximum absolute atomic E-state index is 13.1.